The van der Waals surface area contributed by atoms with Crippen LogP contribution >= 0.6 is 21.4 Å². The van der Waals surface area contributed by atoms with Crippen LogP contribution in [-0.2, 0) is 18.6 Å². The monoisotopic (exact) mass is 466 g/mol. The van der Waals surface area contributed by atoms with Crippen molar-refractivity contribution in [3.05, 3.63) is 82.9 Å². The third kappa shape index (κ3) is 3.43. The zero-order valence-corrected chi connectivity index (χ0v) is 17.2. The Kier molecular flexibility index (Phi) is 4.80. The smallest absolute Gasteiger partial charge is 0.340 e. The highest BCUT2D eigenvalue weighted by molar-refractivity contribution is 8.31. The normalized spacial score (nSPS) is 15.1. The first kappa shape index (κ1) is 20.3. The van der Waals surface area contributed by atoms with Gasteiger partial charge in [0.1, 0.15) is 23.0 Å². The molecule has 0 saturated heterocycles. The van der Waals surface area contributed by atoms with E-state index in [2.05, 4.69) is 21.4 Å². The van der Waals surface area contributed by atoms with Gasteiger partial charge in [0, 0.05) is 50.2 Å². The first-order valence-corrected chi connectivity index (χ1v) is 11.5. The number of carbonyl (C=O) groups excluding carboxylic acids is 1. The molecule has 0 aromatic heterocycles. The minimum atomic E-state index is -3.72. The molecule has 0 aliphatic carbocycles. The molecule has 2 aliphatic heterocycles. The highest BCUT2D eigenvalue weighted by atomic mass is 36.0. The number of ether oxygens (including phenoxy) is 2. The first-order valence-electron chi connectivity index (χ1n) is 8.41. The Balaban J connectivity index is 0.000000393. The maximum Gasteiger partial charge on any atom is 0.340 e. The van der Waals surface area contributed by atoms with E-state index >= 15 is 0 Å². The predicted octanol–water partition coefficient (Wildman–Crippen LogP) is 4.37. The number of rotatable bonds is 0. The molecule has 0 atom stereocenters. The van der Waals surface area contributed by atoms with Crippen LogP contribution in [0.25, 0.3) is 0 Å². The number of carbonyl (C=O) groups is 1. The van der Waals surface area contributed by atoms with Crippen LogP contribution in [0, 0.1) is 0 Å². The van der Waals surface area contributed by atoms with Gasteiger partial charge in [-0.1, -0.05) is 18.2 Å². The summed E-state index contributed by atoms with van der Waals surface area (Å²) in [7, 11) is 4.81. The Morgan fingerprint density at radius 3 is 1.83 bits per heavy atom. The summed E-state index contributed by atoms with van der Waals surface area (Å²) in [5.41, 5.74) is 1.28. The van der Waals surface area contributed by atoms with Gasteiger partial charge >= 0.3 is 14.2 Å². The van der Waals surface area contributed by atoms with Crippen molar-refractivity contribution in [1.82, 2.24) is 0 Å². The molecule has 0 saturated carbocycles. The topological polar surface area (TPSA) is 110 Å². The first-order chi connectivity index (χ1) is 14.1. The molecule has 7 nitrogen and oxygen atoms in total. The Morgan fingerprint density at radius 2 is 1.30 bits per heavy atom. The molecule has 10 heteroatoms. The van der Waals surface area contributed by atoms with E-state index in [9.17, 15) is 15.0 Å². The molecular weight excluding hydrogens is 455 g/mol. The highest BCUT2D eigenvalue weighted by Gasteiger charge is 2.53. The number of hydrogen-bond acceptors (Lipinski definition) is 7. The highest BCUT2D eigenvalue weighted by Crippen LogP contribution is 2.56. The zero-order chi connectivity index (χ0) is 21.7. The van der Waals surface area contributed by atoms with Gasteiger partial charge < -0.3 is 19.7 Å². The van der Waals surface area contributed by atoms with Crippen molar-refractivity contribution < 1.29 is 32.9 Å². The van der Waals surface area contributed by atoms with Crippen LogP contribution in [0.15, 0.2) is 60.7 Å². The number of benzene rings is 3. The third-order valence-corrected chi connectivity index (χ3v) is 4.68. The third-order valence-electron chi connectivity index (χ3n) is 4.68. The van der Waals surface area contributed by atoms with Crippen LogP contribution in [-0.4, -0.2) is 24.6 Å². The van der Waals surface area contributed by atoms with Gasteiger partial charge in [0.15, 0.2) is 5.60 Å². The summed E-state index contributed by atoms with van der Waals surface area (Å²) in [5, 5.41) is 19.7. The fraction of sp³-hybridized carbons (Fsp3) is 0.0500. The lowest BCUT2D eigenvalue weighted by atomic mass is 9.77. The van der Waals surface area contributed by atoms with Gasteiger partial charge in [0.25, 0.3) is 0 Å². The number of phenols is 2. The molecule has 30 heavy (non-hydrogen) atoms. The summed E-state index contributed by atoms with van der Waals surface area (Å²) in [4.78, 5) is 12.5. The van der Waals surface area contributed by atoms with E-state index in [1.165, 1.54) is 24.3 Å². The van der Waals surface area contributed by atoms with Gasteiger partial charge in [-0.3, -0.25) is 0 Å². The number of phenolic OH excluding ortho intramolecular Hbond substituents is 2. The average Bonchev–Trinajstić information content (AvgIpc) is 2.94. The van der Waals surface area contributed by atoms with Crippen molar-refractivity contribution in [1.29, 1.82) is 0 Å². The van der Waals surface area contributed by atoms with Crippen molar-refractivity contribution in [3.63, 3.8) is 0 Å². The van der Waals surface area contributed by atoms with Gasteiger partial charge in [-0.25, -0.2) is 4.79 Å². The van der Waals surface area contributed by atoms with Crippen LogP contribution in [0.4, 0.5) is 0 Å². The standard InChI is InChI=1S/C20H12O5.Cl2O2S/c21-11-5-7-15-17(9-11)24-18-10-12(22)6-8-16(18)20(15)14-4-2-1-3-13(14)19(23)25-20;1-5(2,3)4/h1-10,21-22H;. The summed E-state index contributed by atoms with van der Waals surface area (Å²) in [6, 6.07) is 16.6. The summed E-state index contributed by atoms with van der Waals surface area (Å²) in [6.07, 6.45) is 0. The van der Waals surface area contributed by atoms with Crippen molar-refractivity contribution >= 4 is 35.6 Å². The molecule has 3 aromatic carbocycles. The van der Waals surface area contributed by atoms with E-state index in [-0.39, 0.29) is 11.5 Å². The molecule has 0 amide bonds. The maximum atomic E-state index is 12.5. The molecule has 3 aromatic rings. The van der Waals surface area contributed by atoms with E-state index in [0.29, 0.717) is 33.8 Å². The molecule has 154 valence electrons. The van der Waals surface area contributed by atoms with E-state index in [1.807, 2.05) is 12.1 Å². The lowest BCUT2D eigenvalue weighted by molar-refractivity contribution is 0.0224. The largest absolute Gasteiger partial charge is 0.508 e. The molecule has 2 aliphatic rings. The van der Waals surface area contributed by atoms with Crippen LogP contribution in [0.1, 0.15) is 27.0 Å². The average molecular weight is 467 g/mol. The van der Waals surface area contributed by atoms with Crippen LogP contribution in [0.5, 0.6) is 23.0 Å². The van der Waals surface area contributed by atoms with Gasteiger partial charge in [-0.15, -0.1) is 0 Å². The molecule has 0 bridgehead atoms. The molecule has 2 heterocycles. The molecule has 5 rings (SSSR count). The lowest BCUT2D eigenvalue weighted by Gasteiger charge is -2.36. The molecule has 1 spiro atoms. The van der Waals surface area contributed by atoms with E-state index in [4.69, 9.17) is 17.9 Å². The minimum absolute atomic E-state index is 0.0371. The van der Waals surface area contributed by atoms with Gasteiger partial charge in [0.05, 0.1) is 5.56 Å². The maximum absolute atomic E-state index is 12.5. The van der Waals surface area contributed by atoms with Crippen molar-refractivity contribution in [2.24, 2.45) is 0 Å². The fourth-order valence-corrected chi connectivity index (χ4v) is 3.65. The fourth-order valence-electron chi connectivity index (χ4n) is 3.65. The summed E-state index contributed by atoms with van der Waals surface area (Å²) in [5.74, 6) is 0.408. The second-order valence-electron chi connectivity index (χ2n) is 6.46. The van der Waals surface area contributed by atoms with Crippen LogP contribution < -0.4 is 4.74 Å². The van der Waals surface area contributed by atoms with Crippen LogP contribution in [0.2, 0.25) is 0 Å². The van der Waals surface area contributed by atoms with E-state index in [1.54, 1.807) is 24.3 Å². The van der Waals surface area contributed by atoms with Crippen molar-refractivity contribution in [2.45, 2.75) is 5.60 Å². The summed E-state index contributed by atoms with van der Waals surface area (Å²) < 4.78 is 30.1. The number of halogens is 2. The summed E-state index contributed by atoms with van der Waals surface area (Å²) in [6.45, 7) is 0. The zero-order valence-electron chi connectivity index (χ0n) is 14.9. The van der Waals surface area contributed by atoms with Gasteiger partial charge in [-0.05, 0) is 30.3 Å². The van der Waals surface area contributed by atoms with Gasteiger partial charge in [0.2, 0.25) is 0 Å². The predicted molar refractivity (Wildman–Crippen MR) is 109 cm³/mol. The van der Waals surface area contributed by atoms with E-state index in [0.717, 1.165) is 0 Å². The lowest BCUT2D eigenvalue weighted by Crippen LogP contribution is -2.32. The molecular formula is C20H12Cl2O7S. The number of aromatic hydroxyl groups is 2. The molecule has 0 fully saturated rings. The van der Waals surface area contributed by atoms with Crippen LogP contribution in [0.3, 0.4) is 0 Å². The Labute approximate surface area is 179 Å². The number of fused-ring (bicyclic) bond motifs is 6. The second kappa shape index (κ2) is 7.09. The van der Waals surface area contributed by atoms with Crippen molar-refractivity contribution in [3.8, 4) is 23.0 Å². The van der Waals surface area contributed by atoms with E-state index < -0.39 is 19.8 Å². The Bertz CT molecular complexity index is 1230. The second-order valence-corrected chi connectivity index (χ2v) is 10.1. The minimum Gasteiger partial charge on any atom is -0.508 e. The molecule has 2 N–H and O–H groups in total. The Morgan fingerprint density at radius 1 is 0.800 bits per heavy atom. The number of esters is 1. The quantitative estimate of drug-likeness (QED) is 0.373. The van der Waals surface area contributed by atoms with Gasteiger partial charge in [-0.2, -0.15) is 8.42 Å². The number of hydrogen-bond donors (Lipinski definition) is 2. The van der Waals surface area contributed by atoms with Crippen molar-refractivity contribution in [2.75, 3.05) is 0 Å². The SMILES string of the molecule is O=C1OC2(c3ccc(O)cc3Oc3cc(O)ccc32)c2ccccc21.O=S(=O)(Cl)Cl. The molecule has 0 radical (unpaired) electrons. The summed E-state index contributed by atoms with van der Waals surface area (Å²) >= 11 is 0. The molecule has 0 unspecified atom stereocenters. The Hall–Kier alpha value is -2.94.